The molecule has 0 radical (unpaired) electrons. The van der Waals surface area contributed by atoms with Crippen molar-refractivity contribution >= 4 is 27.2 Å². The lowest BCUT2D eigenvalue weighted by Gasteiger charge is -2.09. The van der Waals surface area contributed by atoms with E-state index in [4.69, 9.17) is 9.47 Å². The smallest absolute Gasteiger partial charge is 0.273 e. The average Bonchev–Trinajstić information content (AvgIpc) is 3.40. The Hall–Kier alpha value is -3.40. The normalized spacial score (nSPS) is 10.5. The van der Waals surface area contributed by atoms with Gasteiger partial charge >= 0.3 is 0 Å². The highest BCUT2D eigenvalue weighted by Crippen LogP contribution is 2.28. The highest BCUT2D eigenvalue weighted by atomic mass is 79.9. The molecule has 0 aliphatic rings. The molecule has 1 N–H and O–H groups in total. The van der Waals surface area contributed by atoms with Crippen molar-refractivity contribution < 1.29 is 14.3 Å². The zero-order valence-corrected chi connectivity index (χ0v) is 18.9. The van der Waals surface area contributed by atoms with Gasteiger partial charge in [0.15, 0.2) is 17.3 Å². The molecule has 0 saturated heterocycles. The topological polar surface area (TPSA) is 104 Å². The Morgan fingerprint density at radius 2 is 1.97 bits per heavy atom. The fraction of sp³-hybridized carbons (Fsp3) is 0.238. The summed E-state index contributed by atoms with van der Waals surface area (Å²) >= 11 is 3.43. The molecule has 0 aliphatic heterocycles. The fourth-order valence-corrected chi connectivity index (χ4v) is 3.47. The first-order valence-electron chi connectivity index (χ1n) is 9.44. The number of aromatic amines is 1. The van der Waals surface area contributed by atoms with E-state index < -0.39 is 0 Å². The van der Waals surface area contributed by atoms with Crippen LogP contribution in [0.15, 0.2) is 58.3 Å². The number of rotatable bonds is 6. The van der Waals surface area contributed by atoms with Crippen LogP contribution in [-0.4, -0.2) is 44.4 Å². The molecule has 31 heavy (non-hydrogen) atoms. The number of hydrogen-bond donors (Lipinski definition) is 1. The van der Waals surface area contributed by atoms with Crippen LogP contribution in [0.4, 0.5) is 0 Å². The summed E-state index contributed by atoms with van der Waals surface area (Å²) in [7, 11) is 3.11. The molecule has 9 nitrogen and oxygen atoms in total. The number of H-pyrrole nitrogens is 1. The van der Waals surface area contributed by atoms with Crippen molar-refractivity contribution in [2.24, 2.45) is 0 Å². The lowest BCUT2D eigenvalue weighted by Crippen LogP contribution is -2.11. The van der Waals surface area contributed by atoms with Crippen LogP contribution in [0.3, 0.4) is 0 Å². The number of Topliss-reactive ketones (excluding diaryl/α,β-unsaturated/α-hetero) is 1. The van der Waals surface area contributed by atoms with Gasteiger partial charge < -0.3 is 14.5 Å². The third kappa shape index (κ3) is 5.21. The maximum Gasteiger partial charge on any atom is 0.273 e. The summed E-state index contributed by atoms with van der Waals surface area (Å²) in [6.07, 6.45) is 7.47. The first kappa shape index (κ1) is 22.3. The van der Waals surface area contributed by atoms with Crippen molar-refractivity contribution in [1.29, 1.82) is 0 Å². The number of nitrogens with one attached hydrogen (secondary N) is 1. The summed E-state index contributed by atoms with van der Waals surface area (Å²) in [5, 5.41) is 8.24. The van der Waals surface area contributed by atoms with Crippen molar-refractivity contribution in [2.75, 3.05) is 14.2 Å². The standard InChI is InChI=1S/C15H17BrN2O3.C6H5N3O/c1-4-12-11(16)8-18(17-12)9-13(19)10-5-6-14(20-2)15(7-10)21-3;10-6-5-1-2-8-9(5)4-3-7-6/h5-8H,4,9H2,1-3H3;1-4H,(H,7,10). The van der Waals surface area contributed by atoms with E-state index in [1.54, 1.807) is 61.8 Å². The molecule has 10 heteroatoms. The van der Waals surface area contributed by atoms with Gasteiger partial charge in [0.25, 0.3) is 5.56 Å². The summed E-state index contributed by atoms with van der Waals surface area (Å²) < 4.78 is 14.5. The van der Waals surface area contributed by atoms with E-state index in [-0.39, 0.29) is 17.9 Å². The van der Waals surface area contributed by atoms with Crippen LogP contribution in [0.25, 0.3) is 5.52 Å². The number of ether oxygens (including phenoxy) is 2. The van der Waals surface area contributed by atoms with Crippen LogP contribution in [0.1, 0.15) is 23.0 Å². The number of carbonyl (C=O) groups excluding carboxylic acids is 1. The number of benzene rings is 1. The maximum absolute atomic E-state index is 12.3. The lowest BCUT2D eigenvalue weighted by atomic mass is 10.1. The quantitative estimate of drug-likeness (QED) is 0.419. The molecule has 0 saturated carbocycles. The third-order valence-corrected chi connectivity index (χ3v) is 5.13. The van der Waals surface area contributed by atoms with E-state index in [0.29, 0.717) is 22.6 Å². The van der Waals surface area contributed by atoms with E-state index >= 15 is 0 Å². The molecule has 0 unspecified atom stereocenters. The van der Waals surface area contributed by atoms with E-state index in [1.807, 2.05) is 13.1 Å². The zero-order valence-electron chi connectivity index (χ0n) is 17.3. The average molecular weight is 488 g/mol. The summed E-state index contributed by atoms with van der Waals surface area (Å²) in [6.45, 7) is 2.21. The maximum atomic E-state index is 12.3. The van der Waals surface area contributed by atoms with Gasteiger partial charge in [-0.3, -0.25) is 14.3 Å². The van der Waals surface area contributed by atoms with Gasteiger partial charge in [-0.2, -0.15) is 10.2 Å². The van der Waals surface area contributed by atoms with Crippen LogP contribution in [0, 0.1) is 0 Å². The van der Waals surface area contributed by atoms with Gasteiger partial charge in [0.1, 0.15) is 12.1 Å². The lowest BCUT2D eigenvalue weighted by molar-refractivity contribution is 0.0967. The Morgan fingerprint density at radius 1 is 1.19 bits per heavy atom. The van der Waals surface area contributed by atoms with Gasteiger partial charge in [-0.15, -0.1) is 0 Å². The molecule has 1 aromatic carbocycles. The first-order valence-corrected chi connectivity index (χ1v) is 10.2. The van der Waals surface area contributed by atoms with E-state index in [9.17, 15) is 9.59 Å². The summed E-state index contributed by atoms with van der Waals surface area (Å²) in [4.78, 5) is 25.8. The summed E-state index contributed by atoms with van der Waals surface area (Å²) in [5.74, 6) is 1.11. The number of carbonyl (C=O) groups is 1. The molecule has 4 aromatic rings. The molecular weight excluding hydrogens is 466 g/mol. The predicted octanol–water partition coefficient (Wildman–Crippen LogP) is 3.13. The van der Waals surface area contributed by atoms with Gasteiger partial charge in [0, 0.05) is 24.2 Å². The molecule has 162 valence electrons. The number of fused-ring (bicyclic) bond motifs is 1. The van der Waals surface area contributed by atoms with Crippen LogP contribution < -0.4 is 15.0 Å². The minimum absolute atomic E-state index is 0.0337. The van der Waals surface area contributed by atoms with Gasteiger partial charge in [-0.1, -0.05) is 6.92 Å². The number of aromatic nitrogens is 5. The van der Waals surface area contributed by atoms with Crippen LogP contribution in [0.2, 0.25) is 0 Å². The monoisotopic (exact) mass is 487 g/mol. The van der Waals surface area contributed by atoms with E-state index in [2.05, 4.69) is 31.1 Å². The Morgan fingerprint density at radius 3 is 2.61 bits per heavy atom. The minimum Gasteiger partial charge on any atom is -0.493 e. The van der Waals surface area contributed by atoms with Gasteiger partial charge in [0.2, 0.25) is 0 Å². The van der Waals surface area contributed by atoms with Crippen molar-refractivity contribution in [3.05, 3.63) is 75.1 Å². The Kier molecular flexibility index (Phi) is 7.24. The minimum atomic E-state index is -0.111. The number of aryl methyl sites for hydroxylation is 1. The second-order valence-electron chi connectivity index (χ2n) is 6.42. The summed E-state index contributed by atoms with van der Waals surface area (Å²) in [5.41, 5.74) is 1.97. The van der Waals surface area contributed by atoms with Crippen molar-refractivity contribution in [3.8, 4) is 11.5 Å². The van der Waals surface area contributed by atoms with Crippen molar-refractivity contribution in [2.45, 2.75) is 19.9 Å². The first-order chi connectivity index (χ1) is 15.0. The molecule has 3 aromatic heterocycles. The highest BCUT2D eigenvalue weighted by molar-refractivity contribution is 9.10. The Labute approximate surface area is 186 Å². The molecule has 0 fully saturated rings. The SMILES string of the molecule is CCc1nn(CC(=O)c2ccc(OC)c(OC)c2)cc1Br.O=c1[nH]ccn2nccc12. The molecule has 0 atom stereocenters. The fourth-order valence-electron chi connectivity index (χ4n) is 2.88. The Bertz CT molecular complexity index is 1240. The number of halogens is 1. The summed E-state index contributed by atoms with van der Waals surface area (Å²) in [6, 6.07) is 6.80. The van der Waals surface area contributed by atoms with Crippen LogP contribution >= 0.6 is 15.9 Å². The molecular formula is C21H22BrN5O4. The van der Waals surface area contributed by atoms with Gasteiger partial charge in [0.05, 0.1) is 30.6 Å². The molecule has 0 aliphatic carbocycles. The largest absolute Gasteiger partial charge is 0.493 e. The number of ketones is 1. The zero-order chi connectivity index (χ0) is 22.4. The molecule has 4 rings (SSSR count). The molecule has 3 heterocycles. The second kappa shape index (κ2) is 10.1. The van der Waals surface area contributed by atoms with Crippen molar-refractivity contribution in [3.63, 3.8) is 0 Å². The molecule has 0 spiro atoms. The Balaban J connectivity index is 0.000000225. The molecule has 0 bridgehead atoms. The predicted molar refractivity (Wildman–Crippen MR) is 119 cm³/mol. The van der Waals surface area contributed by atoms with Crippen molar-refractivity contribution in [1.82, 2.24) is 24.4 Å². The van der Waals surface area contributed by atoms with Gasteiger partial charge in [-0.05, 0) is 46.6 Å². The van der Waals surface area contributed by atoms with Crippen LogP contribution in [0.5, 0.6) is 11.5 Å². The van der Waals surface area contributed by atoms with Crippen LogP contribution in [-0.2, 0) is 13.0 Å². The number of nitrogens with zero attached hydrogens (tertiary/aromatic N) is 4. The van der Waals surface area contributed by atoms with Gasteiger partial charge in [-0.25, -0.2) is 4.52 Å². The number of hydrogen-bond acceptors (Lipinski definition) is 6. The second-order valence-corrected chi connectivity index (χ2v) is 7.27. The third-order valence-electron chi connectivity index (χ3n) is 4.47. The molecule has 0 amide bonds. The highest BCUT2D eigenvalue weighted by Gasteiger charge is 2.13. The number of methoxy groups -OCH3 is 2. The van der Waals surface area contributed by atoms with E-state index in [0.717, 1.165) is 16.6 Å². The van der Waals surface area contributed by atoms with E-state index in [1.165, 1.54) is 4.52 Å².